The van der Waals surface area contributed by atoms with E-state index in [0.717, 1.165) is 11.0 Å². The van der Waals surface area contributed by atoms with Gasteiger partial charge in [0.25, 0.3) is 11.5 Å². The van der Waals surface area contributed by atoms with E-state index in [1.54, 1.807) is 30.9 Å². The second-order valence-electron chi connectivity index (χ2n) is 12.4. The fourth-order valence-corrected chi connectivity index (χ4v) is 5.91. The SMILES string of the molecule is CC=Cc1cc(C(O)(C(F)(F)F)C(F)(F)F)ccc1N1C[C@@H](C)N(C(=O)CN2C(=O)NC(C)(c3ccc(OC(C)C)cn3)C2=O)C[C@@H]1C. The summed E-state index contributed by atoms with van der Waals surface area (Å²) in [6.45, 7) is 9.70. The Morgan fingerprint density at radius 1 is 1.08 bits per heavy atom. The highest BCUT2D eigenvalue weighted by molar-refractivity contribution is 6.09. The number of alkyl halides is 6. The van der Waals surface area contributed by atoms with Crippen molar-refractivity contribution in [2.45, 2.75) is 83.2 Å². The number of aliphatic hydroxyl groups is 1. The maximum atomic E-state index is 13.6. The van der Waals surface area contributed by atoms with Gasteiger partial charge in [-0.1, -0.05) is 18.2 Å². The van der Waals surface area contributed by atoms with Crippen molar-refractivity contribution in [1.82, 2.24) is 20.1 Å². The first kappa shape index (κ1) is 36.5. The van der Waals surface area contributed by atoms with Crippen molar-refractivity contribution in [3.8, 4) is 5.75 Å². The van der Waals surface area contributed by atoms with Gasteiger partial charge in [-0.2, -0.15) is 26.3 Å². The molecule has 2 aromatic rings. The topological polar surface area (TPSA) is 115 Å². The Balaban J connectivity index is 1.52. The van der Waals surface area contributed by atoms with Gasteiger partial charge in [-0.25, -0.2) is 4.79 Å². The summed E-state index contributed by atoms with van der Waals surface area (Å²) in [5, 5.41) is 12.5. The van der Waals surface area contributed by atoms with E-state index < -0.39 is 65.5 Å². The first-order chi connectivity index (χ1) is 22.1. The summed E-state index contributed by atoms with van der Waals surface area (Å²) in [7, 11) is 0. The molecule has 0 aliphatic carbocycles. The van der Waals surface area contributed by atoms with Gasteiger partial charge in [0, 0.05) is 36.4 Å². The minimum atomic E-state index is -6.04. The van der Waals surface area contributed by atoms with Crippen molar-refractivity contribution in [1.29, 1.82) is 0 Å². The number of hydrogen-bond acceptors (Lipinski definition) is 7. The summed E-state index contributed by atoms with van der Waals surface area (Å²) in [4.78, 5) is 48.1. The number of piperazine rings is 1. The van der Waals surface area contributed by atoms with Crippen LogP contribution >= 0.6 is 0 Å². The maximum absolute atomic E-state index is 13.6. The molecule has 2 aliphatic rings. The van der Waals surface area contributed by atoms with E-state index in [9.17, 15) is 45.8 Å². The van der Waals surface area contributed by atoms with Crippen LogP contribution in [0.1, 0.15) is 58.4 Å². The van der Waals surface area contributed by atoms with E-state index in [1.807, 2.05) is 13.8 Å². The van der Waals surface area contributed by atoms with Crippen molar-refractivity contribution in [3.05, 3.63) is 59.4 Å². The summed E-state index contributed by atoms with van der Waals surface area (Å²) in [6.07, 6.45) is -7.99. The molecule has 48 heavy (non-hydrogen) atoms. The molecule has 2 N–H and O–H groups in total. The van der Waals surface area contributed by atoms with Gasteiger partial charge in [0.15, 0.2) is 5.54 Å². The molecular weight excluding hydrogens is 648 g/mol. The Hall–Kier alpha value is -4.34. The Morgan fingerprint density at radius 3 is 2.27 bits per heavy atom. The third-order valence-electron chi connectivity index (χ3n) is 8.42. The van der Waals surface area contributed by atoms with Crippen LogP contribution in [0.15, 0.2) is 42.6 Å². The number of nitrogens with zero attached hydrogens (tertiary/aromatic N) is 4. The van der Waals surface area contributed by atoms with Gasteiger partial charge >= 0.3 is 18.4 Å². The van der Waals surface area contributed by atoms with Crippen molar-refractivity contribution >= 4 is 29.6 Å². The molecule has 0 radical (unpaired) electrons. The molecule has 262 valence electrons. The smallest absolute Gasteiger partial charge is 0.430 e. The van der Waals surface area contributed by atoms with Crippen LogP contribution in [0.3, 0.4) is 0 Å². The van der Waals surface area contributed by atoms with E-state index in [0.29, 0.717) is 17.9 Å². The largest absolute Gasteiger partial charge is 0.489 e. The van der Waals surface area contributed by atoms with Gasteiger partial charge in [0.05, 0.1) is 18.0 Å². The van der Waals surface area contributed by atoms with E-state index in [2.05, 4.69) is 10.3 Å². The summed E-state index contributed by atoms with van der Waals surface area (Å²) in [6, 6.07) is 3.67. The Kier molecular flexibility index (Phi) is 9.83. The van der Waals surface area contributed by atoms with Gasteiger partial charge in [-0.3, -0.25) is 19.5 Å². The van der Waals surface area contributed by atoms with Crippen LogP contribution in [0, 0.1) is 0 Å². The molecule has 2 saturated heterocycles. The van der Waals surface area contributed by atoms with E-state index in [-0.39, 0.29) is 36.1 Å². The summed E-state index contributed by atoms with van der Waals surface area (Å²) in [5.41, 5.74) is -7.48. The van der Waals surface area contributed by atoms with Crippen LogP contribution in [0.25, 0.3) is 6.08 Å². The molecule has 1 aromatic carbocycles. The average molecular weight is 686 g/mol. The van der Waals surface area contributed by atoms with Gasteiger partial charge in [0.2, 0.25) is 5.91 Å². The lowest BCUT2D eigenvalue weighted by Gasteiger charge is -2.46. The average Bonchev–Trinajstić information content (AvgIpc) is 3.20. The van der Waals surface area contributed by atoms with Crippen LogP contribution < -0.4 is 15.0 Å². The molecule has 0 bridgehead atoms. The highest BCUT2D eigenvalue weighted by Gasteiger charge is 2.71. The Labute approximate surface area is 273 Å². The summed E-state index contributed by atoms with van der Waals surface area (Å²) >= 11 is 0. The number of halogens is 6. The Morgan fingerprint density at radius 2 is 1.73 bits per heavy atom. The number of carbonyl (C=O) groups is 3. The number of aromatic nitrogens is 1. The molecule has 0 saturated carbocycles. The summed E-state index contributed by atoms with van der Waals surface area (Å²) < 4.78 is 87.0. The van der Waals surface area contributed by atoms with Crippen LogP contribution in [0.2, 0.25) is 0 Å². The van der Waals surface area contributed by atoms with Crippen molar-refractivity contribution < 1.29 is 50.6 Å². The monoisotopic (exact) mass is 685 g/mol. The van der Waals surface area contributed by atoms with E-state index in [4.69, 9.17) is 4.74 Å². The fourth-order valence-electron chi connectivity index (χ4n) is 5.91. The lowest BCUT2D eigenvalue weighted by Crippen LogP contribution is -2.60. The number of ether oxygens (including phenoxy) is 1. The molecule has 2 aliphatic heterocycles. The zero-order valence-corrected chi connectivity index (χ0v) is 27.1. The second-order valence-corrected chi connectivity index (χ2v) is 12.4. The number of pyridine rings is 1. The molecule has 4 amide bonds. The van der Waals surface area contributed by atoms with Crippen LogP contribution in [-0.2, 0) is 20.7 Å². The van der Waals surface area contributed by atoms with E-state index >= 15 is 0 Å². The third-order valence-corrected chi connectivity index (χ3v) is 8.42. The number of benzene rings is 1. The third kappa shape index (κ3) is 6.54. The molecule has 1 aromatic heterocycles. The van der Waals surface area contributed by atoms with Gasteiger partial charge in [0.1, 0.15) is 12.3 Å². The van der Waals surface area contributed by atoms with Gasteiger partial charge < -0.3 is 25.0 Å². The minimum absolute atomic E-state index is 0.00298. The quantitative estimate of drug-likeness (QED) is 0.294. The van der Waals surface area contributed by atoms with Crippen molar-refractivity contribution in [2.24, 2.45) is 0 Å². The molecular formula is C32H37F6N5O5. The number of carbonyl (C=O) groups excluding carboxylic acids is 3. The highest BCUT2D eigenvalue weighted by Crippen LogP contribution is 2.50. The number of hydrogen-bond donors (Lipinski definition) is 2. The van der Waals surface area contributed by atoms with Gasteiger partial charge in [-0.05, 0) is 71.4 Å². The zero-order valence-electron chi connectivity index (χ0n) is 27.1. The molecule has 0 spiro atoms. The second kappa shape index (κ2) is 12.9. The van der Waals surface area contributed by atoms with Crippen LogP contribution in [0.5, 0.6) is 5.75 Å². The molecule has 3 atom stereocenters. The normalized spacial score (nSPS) is 22.6. The fraction of sp³-hybridized carbons (Fsp3) is 0.500. The van der Waals surface area contributed by atoms with Crippen LogP contribution in [0.4, 0.5) is 36.8 Å². The number of rotatable bonds is 8. The lowest BCUT2D eigenvalue weighted by molar-refractivity contribution is -0.376. The maximum Gasteiger partial charge on any atom is 0.430 e. The number of allylic oxidation sites excluding steroid dienone is 1. The molecule has 10 nitrogen and oxygen atoms in total. The Bertz CT molecular complexity index is 1560. The number of imide groups is 1. The zero-order chi connectivity index (χ0) is 36.0. The van der Waals surface area contributed by atoms with Crippen LogP contribution in [-0.4, -0.2) is 87.9 Å². The predicted octanol–water partition coefficient (Wildman–Crippen LogP) is 5.11. The van der Waals surface area contributed by atoms with Crippen molar-refractivity contribution in [3.63, 3.8) is 0 Å². The number of urea groups is 1. The van der Waals surface area contributed by atoms with E-state index in [1.165, 1.54) is 37.1 Å². The first-order valence-electron chi connectivity index (χ1n) is 15.1. The molecule has 1 unspecified atom stereocenters. The van der Waals surface area contributed by atoms with Crippen molar-refractivity contribution in [2.75, 3.05) is 24.5 Å². The standard InChI is InChI=1S/C32H37F6N5O5/c1-7-8-21-13-22(30(47,31(33,34)35)32(36,37)38)9-11-24(21)41-15-20(5)42(16-19(41)4)26(44)17-43-27(45)29(6,40-28(43)46)25-12-10-23(14-39-25)48-18(2)3/h7-14,18-20,47H,15-17H2,1-6H3,(H,40,46)/t19-,20+,29?/m0/s1. The van der Waals surface area contributed by atoms with Gasteiger partial charge in [-0.15, -0.1) is 0 Å². The minimum Gasteiger partial charge on any atom is -0.489 e. The molecule has 16 heteroatoms. The lowest BCUT2D eigenvalue weighted by atomic mass is 9.89. The predicted molar refractivity (Wildman–Crippen MR) is 163 cm³/mol. The molecule has 3 heterocycles. The number of nitrogens with one attached hydrogen (secondary N) is 1. The molecule has 2 fully saturated rings. The number of anilines is 1. The highest BCUT2D eigenvalue weighted by atomic mass is 19.4. The number of amides is 4. The first-order valence-corrected chi connectivity index (χ1v) is 15.1. The summed E-state index contributed by atoms with van der Waals surface area (Å²) in [5.74, 6) is -0.750. The molecule has 4 rings (SSSR count).